The smallest absolute Gasteiger partial charge is 0.123 e. The number of ether oxygens (including phenoxy) is 2. The summed E-state index contributed by atoms with van der Waals surface area (Å²) in [5.41, 5.74) is 6.65. The molecule has 0 spiro atoms. The van der Waals surface area contributed by atoms with E-state index in [0.29, 0.717) is 26.3 Å². The molecule has 5 heteroatoms. The molecule has 0 amide bonds. The van der Waals surface area contributed by atoms with Crippen molar-refractivity contribution in [2.45, 2.75) is 12.6 Å². The summed E-state index contributed by atoms with van der Waals surface area (Å²) in [6, 6.07) is 7.76. The molecule has 1 atom stereocenters. The molecule has 0 fully saturated rings. The lowest BCUT2D eigenvalue weighted by atomic mass is 10.2. The fraction of sp³-hybridized carbons (Fsp3) is 0.571. The molecule has 0 saturated carbocycles. The number of nitrogens with zero attached hydrogens (tertiary/aromatic N) is 1. The molecule has 0 radical (unpaired) electrons. The zero-order valence-electron chi connectivity index (χ0n) is 11.7. The van der Waals surface area contributed by atoms with E-state index in [4.69, 9.17) is 15.2 Å². The monoisotopic (exact) mass is 268 g/mol. The summed E-state index contributed by atoms with van der Waals surface area (Å²) < 4.78 is 10.6. The van der Waals surface area contributed by atoms with Crippen LogP contribution in [-0.4, -0.2) is 56.6 Å². The molecule has 1 rings (SSSR count). The van der Waals surface area contributed by atoms with Crippen molar-refractivity contribution in [1.29, 1.82) is 0 Å². The number of hydrogen-bond donors (Lipinski definition) is 2. The Morgan fingerprint density at radius 3 is 2.79 bits per heavy atom. The van der Waals surface area contributed by atoms with Crippen LogP contribution < -0.4 is 10.5 Å². The first kappa shape index (κ1) is 15.9. The number of rotatable bonds is 9. The first-order valence-corrected chi connectivity index (χ1v) is 6.43. The molecule has 0 heterocycles. The van der Waals surface area contributed by atoms with Gasteiger partial charge in [-0.2, -0.15) is 0 Å². The van der Waals surface area contributed by atoms with Gasteiger partial charge in [0.05, 0.1) is 12.7 Å². The van der Waals surface area contributed by atoms with Gasteiger partial charge in [-0.1, -0.05) is 18.2 Å². The van der Waals surface area contributed by atoms with Crippen LogP contribution in [0.15, 0.2) is 24.3 Å². The molecule has 1 aromatic carbocycles. The lowest BCUT2D eigenvalue weighted by molar-refractivity contribution is 0.0409. The van der Waals surface area contributed by atoms with Gasteiger partial charge in [-0.25, -0.2) is 0 Å². The van der Waals surface area contributed by atoms with Crippen molar-refractivity contribution >= 4 is 0 Å². The van der Waals surface area contributed by atoms with Crippen LogP contribution in [0.1, 0.15) is 5.56 Å². The minimum atomic E-state index is -0.466. The molecular weight excluding hydrogens is 244 g/mol. The van der Waals surface area contributed by atoms with Crippen molar-refractivity contribution in [2.24, 2.45) is 5.73 Å². The summed E-state index contributed by atoms with van der Waals surface area (Å²) in [5, 5.41) is 9.59. The Morgan fingerprint density at radius 2 is 2.11 bits per heavy atom. The Labute approximate surface area is 114 Å². The fourth-order valence-electron chi connectivity index (χ4n) is 1.82. The summed E-state index contributed by atoms with van der Waals surface area (Å²) in [6.07, 6.45) is -0.466. The molecule has 1 unspecified atom stereocenters. The first-order valence-electron chi connectivity index (χ1n) is 6.43. The minimum Gasteiger partial charge on any atom is -0.492 e. The van der Waals surface area contributed by atoms with Crippen molar-refractivity contribution < 1.29 is 14.6 Å². The van der Waals surface area contributed by atoms with E-state index >= 15 is 0 Å². The summed E-state index contributed by atoms with van der Waals surface area (Å²) in [4.78, 5) is 2.01. The number of aliphatic hydroxyl groups excluding tert-OH is 1. The molecular formula is C14H24N2O3. The van der Waals surface area contributed by atoms with Gasteiger partial charge in [0.2, 0.25) is 0 Å². The van der Waals surface area contributed by atoms with Crippen molar-refractivity contribution in [3.8, 4) is 5.75 Å². The normalized spacial score (nSPS) is 12.7. The lowest BCUT2D eigenvalue weighted by Gasteiger charge is -2.20. The molecule has 0 aromatic heterocycles. The van der Waals surface area contributed by atoms with Crippen molar-refractivity contribution in [1.82, 2.24) is 4.90 Å². The third-order valence-corrected chi connectivity index (χ3v) is 2.80. The lowest BCUT2D eigenvalue weighted by Crippen LogP contribution is -2.34. The predicted molar refractivity (Wildman–Crippen MR) is 75.2 cm³/mol. The van der Waals surface area contributed by atoms with Crippen molar-refractivity contribution in [2.75, 3.05) is 40.5 Å². The van der Waals surface area contributed by atoms with Gasteiger partial charge in [-0.15, -0.1) is 0 Å². The largest absolute Gasteiger partial charge is 0.492 e. The number of para-hydroxylation sites is 1. The van der Waals surface area contributed by atoms with Crippen molar-refractivity contribution in [3.05, 3.63) is 29.8 Å². The van der Waals surface area contributed by atoms with E-state index in [1.165, 1.54) is 0 Å². The van der Waals surface area contributed by atoms with E-state index in [0.717, 1.165) is 17.9 Å². The molecule has 19 heavy (non-hydrogen) atoms. The zero-order valence-corrected chi connectivity index (χ0v) is 11.7. The topological polar surface area (TPSA) is 68.0 Å². The summed E-state index contributed by atoms with van der Waals surface area (Å²) in [7, 11) is 3.52. The second-order valence-corrected chi connectivity index (χ2v) is 4.53. The van der Waals surface area contributed by atoms with Crippen LogP contribution in [0.25, 0.3) is 0 Å². The van der Waals surface area contributed by atoms with Gasteiger partial charge in [-0.05, 0) is 13.1 Å². The molecule has 5 nitrogen and oxygen atoms in total. The molecule has 0 bridgehead atoms. The van der Waals surface area contributed by atoms with Gasteiger partial charge in [0.25, 0.3) is 0 Å². The number of hydrogen-bond acceptors (Lipinski definition) is 5. The van der Waals surface area contributed by atoms with Gasteiger partial charge in [0, 0.05) is 32.3 Å². The number of benzene rings is 1. The van der Waals surface area contributed by atoms with Crippen LogP contribution in [0.2, 0.25) is 0 Å². The van der Waals surface area contributed by atoms with E-state index in [2.05, 4.69) is 0 Å². The highest BCUT2D eigenvalue weighted by atomic mass is 16.5. The highest BCUT2D eigenvalue weighted by molar-refractivity contribution is 5.32. The second-order valence-electron chi connectivity index (χ2n) is 4.53. The van der Waals surface area contributed by atoms with Crippen LogP contribution in [0.3, 0.4) is 0 Å². The van der Waals surface area contributed by atoms with E-state index in [1.54, 1.807) is 7.11 Å². The summed E-state index contributed by atoms with van der Waals surface area (Å²) in [5.74, 6) is 0.829. The second kappa shape index (κ2) is 8.87. The molecule has 0 aliphatic rings. The van der Waals surface area contributed by atoms with Gasteiger partial charge >= 0.3 is 0 Å². The average Bonchev–Trinajstić information content (AvgIpc) is 2.39. The quantitative estimate of drug-likeness (QED) is 0.681. The van der Waals surface area contributed by atoms with Crippen LogP contribution in [0.4, 0.5) is 0 Å². The molecule has 108 valence electrons. The predicted octanol–water partition coefficient (Wildman–Crippen LogP) is 0.463. The van der Waals surface area contributed by atoms with E-state index in [-0.39, 0.29) is 0 Å². The third-order valence-electron chi connectivity index (χ3n) is 2.80. The Kier molecular flexibility index (Phi) is 7.43. The standard InChI is InChI=1S/C14H24N2O3/c1-16(10-13(17)11-18-2)7-8-19-14-6-4-3-5-12(14)9-15/h3-6,13,17H,7-11,15H2,1-2H3. The Bertz CT molecular complexity index is 360. The maximum atomic E-state index is 9.59. The van der Waals surface area contributed by atoms with Crippen LogP contribution in [0, 0.1) is 0 Å². The van der Waals surface area contributed by atoms with Gasteiger partial charge in [0.1, 0.15) is 12.4 Å². The number of likely N-dealkylation sites (N-methyl/N-ethyl adjacent to an activating group) is 1. The molecule has 3 N–H and O–H groups in total. The first-order chi connectivity index (χ1) is 9.17. The summed E-state index contributed by atoms with van der Waals surface area (Å²) in [6.45, 7) is 2.68. The van der Waals surface area contributed by atoms with Gasteiger partial charge in [0.15, 0.2) is 0 Å². The highest BCUT2D eigenvalue weighted by Crippen LogP contribution is 2.16. The van der Waals surface area contributed by atoms with Gasteiger partial charge < -0.3 is 25.2 Å². The van der Waals surface area contributed by atoms with Crippen LogP contribution in [0.5, 0.6) is 5.75 Å². The number of nitrogens with two attached hydrogens (primary N) is 1. The van der Waals surface area contributed by atoms with Crippen molar-refractivity contribution in [3.63, 3.8) is 0 Å². The number of aliphatic hydroxyl groups is 1. The molecule has 0 aliphatic carbocycles. The highest BCUT2D eigenvalue weighted by Gasteiger charge is 2.08. The Morgan fingerprint density at radius 1 is 1.37 bits per heavy atom. The fourth-order valence-corrected chi connectivity index (χ4v) is 1.82. The number of methoxy groups -OCH3 is 1. The maximum absolute atomic E-state index is 9.59. The minimum absolute atomic E-state index is 0.348. The van der Waals surface area contributed by atoms with E-state index in [1.807, 2.05) is 36.2 Å². The molecule has 0 aliphatic heterocycles. The summed E-state index contributed by atoms with van der Waals surface area (Å²) >= 11 is 0. The zero-order chi connectivity index (χ0) is 14.1. The molecule has 1 aromatic rings. The Balaban J connectivity index is 2.29. The van der Waals surface area contributed by atoms with Crippen LogP contribution >= 0.6 is 0 Å². The molecule has 0 saturated heterocycles. The maximum Gasteiger partial charge on any atom is 0.123 e. The van der Waals surface area contributed by atoms with E-state index in [9.17, 15) is 5.11 Å². The van der Waals surface area contributed by atoms with E-state index < -0.39 is 6.10 Å². The van der Waals surface area contributed by atoms with Crippen LogP contribution in [-0.2, 0) is 11.3 Å². The Hall–Kier alpha value is -1.14. The third kappa shape index (κ3) is 6.02. The SMILES string of the molecule is COCC(O)CN(C)CCOc1ccccc1CN. The van der Waals surface area contributed by atoms with Gasteiger partial charge in [-0.3, -0.25) is 0 Å². The average molecular weight is 268 g/mol.